The highest BCUT2D eigenvalue weighted by molar-refractivity contribution is 6.27. The maximum atomic E-state index is 9.10. The normalized spacial score (nSPS) is 14.2. The first kappa shape index (κ1) is 21.9. The molecule has 26 heavy (non-hydrogen) atoms. The van der Waals surface area contributed by atoms with Crippen molar-refractivity contribution in [3.05, 3.63) is 29.8 Å². The van der Waals surface area contributed by atoms with Crippen LogP contribution >= 0.6 is 0 Å². The van der Waals surface area contributed by atoms with Crippen molar-refractivity contribution in [3.63, 3.8) is 0 Å². The lowest BCUT2D eigenvalue weighted by atomic mass is 10.1. The van der Waals surface area contributed by atoms with Crippen molar-refractivity contribution in [1.29, 1.82) is 0 Å². The van der Waals surface area contributed by atoms with Gasteiger partial charge in [-0.3, -0.25) is 0 Å². The fourth-order valence-electron chi connectivity index (χ4n) is 2.52. The summed E-state index contributed by atoms with van der Waals surface area (Å²) in [6.07, 6.45) is 5.15. The second-order valence-corrected chi connectivity index (χ2v) is 5.97. The van der Waals surface area contributed by atoms with E-state index in [4.69, 9.17) is 29.3 Å². The third-order valence-electron chi connectivity index (χ3n) is 4.01. The predicted octanol–water partition coefficient (Wildman–Crippen LogP) is 2.29. The molecule has 0 unspecified atom stereocenters. The Morgan fingerprint density at radius 3 is 2.12 bits per heavy atom. The van der Waals surface area contributed by atoms with E-state index in [0.29, 0.717) is 13.2 Å². The third-order valence-corrected chi connectivity index (χ3v) is 4.01. The number of aliphatic carboxylic acids is 2. The Hall–Kier alpha value is -2.12. The Morgan fingerprint density at radius 2 is 1.58 bits per heavy atom. The van der Waals surface area contributed by atoms with Crippen molar-refractivity contribution in [3.8, 4) is 5.75 Å². The zero-order valence-electron chi connectivity index (χ0n) is 15.4. The van der Waals surface area contributed by atoms with Crippen LogP contribution in [0.15, 0.2) is 24.3 Å². The van der Waals surface area contributed by atoms with Crippen LogP contribution in [0.5, 0.6) is 5.75 Å². The van der Waals surface area contributed by atoms with Crippen LogP contribution in [-0.4, -0.2) is 66.5 Å². The minimum absolute atomic E-state index is 0.630. The molecule has 1 saturated heterocycles. The molecule has 1 aliphatic heterocycles. The van der Waals surface area contributed by atoms with Crippen LogP contribution < -0.4 is 4.74 Å². The van der Waals surface area contributed by atoms with Crippen molar-refractivity contribution in [2.24, 2.45) is 0 Å². The van der Waals surface area contributed by atoms with Crippen LogP contribution in [0.2, 0.25) is 0 Å². The van der Waals surface area contributed by atoms with E-state index in [1.807, 2.05) is 12.1 Å². The summed E-state index contributed by atoms with van der Waals surface area (Å²) in [4.78, 5) is 20.7. The number of hydrogen-bond donors (Lipinski definition) is 2. The van der Waals surface area contributed by atoms with Gasteiger partial charge in [-0.05, 0) is 50.0 Å². The van der Waals surface area contributed by atoms with Gasteiger partial charge in [0.2, 0.25) is 0 Å². The van der Waals surface area contributed by atoms with E-state index in [1.165, 1.54) is 37.9 Å². The molecule has 0 amide bonds. The molecule has 0 bridgehead atoms. The lowest BCUT2D eigenvalue weighted by Gasteiger charge is -2.26. The summed E-state index contributed by atoms with van der Waals surface area (Å²) in [5.41, 5.74) is 1.34. The molecule has 1 heterocycles. The summed E-state index contributed by atoms with van der Waals surface area (Å²) >= 11 is 0. The summed E-state index contributed by atoms with van der Waals surface area (Å²) < 4.78 is 11.3. The maximum absolute atomic E-state index is 9.10. The number of hydrogen-bond acceptors (Lipinski definition) is 5. The van der Waals surface area contributed by atoms with E-state index in [9.17, 15) is 0 Å². The smallest absolute Gasteiger partial charge is 0.414 e. The zero-order chi connectivity index (χ0) is 19.2. The summed E-state index contributed by atoms with van der Waals surface area (Å²) in [7, 11) is 0. The van der Waals surface area contributed by atoms with Crippen LogP contribution in [0.3, 0.4) is 0 Å². The molecular formula is C19H29NO6. The number of ether oxygens (including phenoxy) is 2. The van der Waals surface area contributed by atoms with Crippen LogP contribution in [-0.2, 0) is 20.7 Å². The average molecular weight is 367 g/mol. The average Bonchev–Trinajstić information content (AvgIpc) is 2.66. The molecule has 7 heteroatoms. The van der Waals surface area contributed by atoms with Gasteiger partial charge >= 0.3 is 11.9 Å². The number of aryl methyl sites for hydroxylation is 1. The quantitative estimate of drug-likeness (QED) is 0.537. The first-order valence-corrected chi connectivity index (χ1v) is 9.01. The van der Waals surface area contributed by atoms with E-state index >= 15 is 0 Å². The van der Waals surface area contributed by atoms with Gasteiger partial charge in [0, 0.05) is 6.54 Å². The van der Waals surface area contributed by atoms with Crippen LogP contribution in [0.1, 0.15) is 31.7 Å². The minimum Gasteiger partial charge on any atom is -0.491 e. The number of carbonyl (C=O) groups is 2. The SMILES string of the molecule is CCc1ccc(OCCOCCN2CCCCC2)cc1.O=C(O)C(=O)O. The molecule has 1 aromatic carbocycles. The Kier molecular flexibility index (Phi) is 11.1. The van der Waals surface area contributed by atoms with Crippen LogP contribution in [0.25, 0.3) is 0 Å². The molecule has 0 aromatic heterocycles. The molecule has 1 aliphatic rings. The number of piperidine rings is 1. The summed E-state index contributed by atoms with van der Waals surface area (Å²) in [6, 6.07) is 8.30. The number of benzene rings is 1. The molecule has 7 nitrogen and oxygen atoms in total. The fourth-order valence-corrected chi connectivity index (χ4v) is 2.52. The largest absolute Gasteiger partial charge is 0.491 e. The van der Waals surface area contributed by atoms with Crippen molar-refractivity contribution >= 4 is 11.9 Å². The highest BCUT2D eigenvalue weighted by Gasteiger charge is 2.08. The van der Waals surface area contributed by atoms with Gasteiger partial charge in [0.15, 0.2) is 0 Å². The third kappa shape index (κ3) is 10.0. The van der Waals surface area contributed by atoms with Gasteiger partial charge < -0.3 is 24.6 Å². The molecule has 0 aliphatic carbocycles. The molecule has 1 aromatic rings. The fraction of sp³-hybridized carbons (Fsp3) is 0.579. The first-order chi connectivity index (χ1) is 12.5. The standard InChI is InChI=1S/C17H27NO2.C2H2O4/c1-2-16-6-8-17(9-7-16)20-15-14-19-13-12-18-10-4-3-5-11-18;3-1(4)2(5)6/h6-9H,2-5,10-15H2,1H3;(H,3,4)(H,5,6). The van der Waals surface area contributed by atoms with E-state index in [0.717, 1.165) is 25.3 Å². The minimum atomic E-state index is -1.82. The molecule has 1 fully saturated rings. The molecule has 0 atom stereocenters. The van der Waals surface area contributed by atoms with E-state index in [2.05, 4.69) is 24.0 Å². The van der Waals surface area contributed by atoms with Crippen molar-refractivity contribution < 1.29 is 29.3 Å². The van der Waals surface area contributed by atoms with E-state index in [-0.39, 0.29) is 0 Å². The van der Waals surface area contributed by atoms with E-state index in [1.54, 1.807) is 0 Å². The number of likely N-dealkylation sites (tertiary alicyclic amines) is 1. The molecule has 0 saturated carbocycles. The van der Waals surface area contributed by atoms with Gasteiger partial charge in [-0.1, -0.05) is 25.5 Å². The van der Waals surface area contributed by atoms with Crippen molar-refractivity contribution in [2.75, 3.05) is 39.5 Å². The maximum Gasteiger partial charge on any atom is 0.414 e. The first-order valence-electron chi connectivity index (χ1n) is 9.01. The summed E-state index contributed by atoms with van der Waals surface area (Å²) in [6.45, 7) is 7.82. The predicted molar refractivity (Wildman–Crippen MR) is 97.7 cm³/mol. The summed E-state index contributed by atoms with van der Waals surface area (Å²) in [5, 5.41) is 14.8. The number of carboxylic acids is 2. The lowest BCUT2D eigenvalue weighted by Crippen LogP contribution is -2.32. The number of rotatable bonds is 8. The van der Waals surface area contributed by atoms with Gasteiger partial charge in [-0.15, -0.1) is 0 Å². The Morgan fingerprint density at radius 1 is 0.962 bits per heavy atom. The lowest BCUT2D eigenvalue weighted by molar-refractivity contribution is -0.159. The molecule has 0 spiro atoms. The number of carboxylic acid groups (broad SMARTS) is 2. The molecule has 2 N–H and O–H groups in total. The second kappa shape index (κ2) is 13.1. The van der Waals surface area contributed by atoms with Gasteiger partial charge in [-0.2, -0.15) is 0 Å². The zero-order valence-corrected chi connectivity index (χ0v) is 15.4. The monoisotopic (exact) mass is 367 g/mol. The molecule has 0 radical (unpaired) electrons. The Bertz CT molecular complexity index is 513. The van der Waals surface area contributed by atoms with Gasteiger partial charge in [0.25, 0.3) is 0 Å². The van der Waals surface area contributed by atoms with Crippen LogP contribution in [0.4, 0.5) is 0 Å². The topological polar surface area (TPSA) is 96.3 Å². The summed E-state index contributed by atoms with van der Waals surface area (Å²) in [5.74, 6) is -2.72. The van der Waals surface area contributed by atoms with E-state index < -0.39 is 11.9 Å². The van der Waals surface area contributed by atoms with Gasteiger partial charge in [-0.25, -0.2) is 9.59 Å². The highest BCUT2D eigenvalue weighted by Crippen LogP contribution is 2.12. The molecular weight excluding hydrogens is 338 g/mol. The van der Waals surface area contributed by atoms with Crippen molar-refractivity contribution in [1.82, 2.24) is 4.90 Å². The Balaban J connectivity index is 0.000000487. The highest BCUT2D eigenvalue weighted by atomic mass is 16.5. The number of nitrogens with zero attached hydrogens (tertiary/aromatic N) is 1. The van der Waals surface area contributed by atoms with Crippen LogP contribution in [0, 0.1) is 0 Å². The molecule has 146 valence electrons. The van der Waals surface area contributed by atoms with Gasteiger partial charge in [0.05, 0.1) is 13.2 Å². The van der Waals surface area contributed by atoms with Gasteiger partial charge in [0.1, 0.15) is 12.4 Å². The van der Waals surface area contributed by atoms with Crippen molar-refractivity contribution in [2.45, 2.75) is 32.6 Å². The Labute approximate surface area is 154 Å². The second-order valence-electron chi connectivity index (χ2n) is 5.97. The molecule has 2 rings (SSSR count).